The Hall–Kier alpha value is -0.860. The summed E-state index contributed by atoms with van der Waals surface area (Å²) in [7, 11) is 2.06. The number of hydrogen-bond donors (Lipinski definition) is 1. The van der Waals surface area contributed by atoms with Crippen LogP contribution in [0, 0.1) is 0 Å². The second kappa shape index (κ2) is 7.66. The van der Waals surface area contributed by atoms with Gasteiger partial charge >= 0.3 is 0 Å². The molecule has 0 aliphatic heterocycles. The van der Waals surface area contributed by atoms with Crippen LogP contribution in [-0.4, -0.2) is 20.3 Å². The number of benzene rings is 1. The maximum absolute atomic E-state index is 5.64. The van der Waals surface area contributed by atoms with Crippen LogP contribution in [0.1, 0.15) is 62.1 Å². The molecule has 0 aromatic heterocycles. The summed E-state index contributed by atoms with van der Waals surface area (Å²) in [5.74, 6) is 0.795. The standard InChI is InChI=1S/C17H27NO/c1-3-12-19-13-11-17(18-2)16-10-5-4-9-15(16)14-7-6-8-14/h4-5,9-10,14,17-18H,3,6-8,11-13H2,1-2H3. The molecule has 1 aliphatic rings. The van der Waals surface area contributed by atoms with Crippen LogP contribution < -0.4 is 5.32 Å². The van der Waals surface area contributed by atoms with Gasteiger partial charge in [-0.3, -0.25) is 0 Å². The molecule has 1 aliphatic carbocycles. The quantitative estimate of drug-likeness (QED) is 0.713. The van der Waals surface area contributed by atoms with Crippen molar-refractivity contribution in [3.05, 3.63) is 35.4 Å². The fraction of sp³-hybridized carbons (Fsp3) is 0.647. The average Bonchev–Trinajstić information content (AvgIpc) is 2.38. The largest absolute Gasteiger partial charge is 0.381 e. The van der Waals surface area contributed by atoms with Gasteiger partial charge in [-0.2, -0.15) is 0 Å². The number of hydrogen-bond acceptors (Lipinski definition) is 2. The molecular weight excluding hydrogens is 234 g/mol. The van der Waals surface area contributed by atoms with Gasteiger partial charge in [-0.15, -0.1) is 0 Å². The van der Waals surface area contributed by atoms with Crippen LogP contribution >= 0.6 is 0 Å². The number of rotatable bonds is 8. The molecule has 2 rings (SSSR count). The Morgan fingerprint density at radius 3 is 2.68 bits per heavy atom. The Bertz CT molecular complexity index is 373. The van der Waals surface area contributed by atoms with Gasteiger partial charge in [0.2, 0.25) is 0 Å². The summed E-state index contributed by atoms with van der Waals surface area (Å²) in [5.41, 5.74) is 3.04. The third kappa shape index (κ3) is 3.80. The predicted octanol–water partition coefficient (Wildman–Crippen LogP) is 4.03. The molecule has 1 fully saturated rings. The van der Waals surface area contributed by atoms with E-state index in [0.29, 0.717) is 6.04 Å². The third-order valence-electron chi connectivity index (χ3n) is 4.16. The predicted molar refractivity (Wildman–Crippen MR) is 80.6 cm³/mol. The fourth-order valence-corrected chi connectivity index (χ4v) is 2.82. The van der Waals surface area contributed by atoms with E-state index in [1.54, 1.807) is 5.56 Å². The normalized spacial score (nSPS) is 17.2. The van der Waals surface area contributed by atoms with Gasteiger partial charge in [-0.05, 0) is 49.8 Å². The molecule has 0 amide bonds. The van der Waals surface area contributed by atoms with E-state index in [9.17, 15) is 0 Å². The lowest BCUT2D eigenvalue weighted by atomic mass is 9.77. The molecule has 0 heterocycles. The fourth-order valence-electron chi connectivity index (χ4n) is 2.82. The highest BCUT2D eigenvalue weighted by Gasteiger charge is 2.24. The van der Waals surface area contributed by atoms with E-state index in [0.717, 1.165) is 32.0 Å². The Kier molecular flexibility index (Phi) is 5.87. The van der Waals surface area contributed by atoms with Gasteiger partial charge < -0.3 is 10.1 Å². The van der Waals surface area contributed by atoms with E-state index < -0.39 is 0 Å². The van der Waals surface area contributed by atoms with E-state index in [-0.39, 0.29) is 0 Å². The van der Waals surface area contributed by atoms with E-state index in [4.69, 9.17) is 4.74 Å². The van der Waals surface area contributed by atoms with Gasteiger partial charge in [0.1, 0.15) is 0 Å². The van der Waals surface area contributed by atoms with E-state index >= 15 is 0 Å². The van der Waals surface area contributed by atoms with E-state index in [2.05, 4.69) is 43.6 Å². The zero-order valence-electron chi connectivity index (χ0n) is 12.3. The first-order chi connectivity index (χ1) is 9.36. The van der Waals surface area contributed by atoms with Crippen molar-refractivity contribution in [2.45, 2.75) is 51.0 Å². The molecule has 19 heavy (non-hydrogen) atoms. The summed E-state index contributed by atoms with van der Waals surface area (Å²) in [6, 6.07) is 9.37. The highest BCUT2D eigenvalue weighted by atomic mass is 16.5. The highest BCUT2D eigenvalue weighted by Crippen LogP contribution is 2.39. The first-order valence-electron chi connectivity index (χ1n) is 7.70. The number of nitrogens with one attached hydrogen (secondary N) is 1. The Balaban J connectivity index is 2.00. The Labute approximate surface area is 117 Å². The molecule has 1 unspecified atom stereocenters. The SMILES string of the molecule is CCCOCCC(NC)c1ccccc1C1CCC1. The minimum absolute atomic E-state index is 0.425. The van der Waals surface area contributed by atoms with Crippen LogP contribution in [0.25, 0.3) is 0 Å². The van der Waals surface area contributed by atoms with Crippen molar-refractivity contribution in [2.75, 3.05) is 20.3 Å². The first kappa shape index (κ1) is 14.5. The second-order valence-electron chi connectivity index (χ2n) is 5.50. The van der Waals surface area contributed by atoms with E-state index in [1.807, 2.05) is 0 Å². The molecule has 1 saturated carbocycles. The van der Waals surface area contributed by atoms with Gasteiger partial charge in [-0.1, -0.05) is 37.6 Å². The average molecular weight is 261 g/mol. The van der Waals surface area contributed by atoms with Crippen LogP contribution in [-0.2, 0) is 4.74 Å². The maximum atomic E-state index is 5.64. The lowest BCUT2D eigenvalue weighted by Crippen LogP contribution is -2.22. The van der Waals surface area contributed by atoms with Crippen LogP contribution in [0.5, 0.6) is 0 Å². The third-order valence-corrected chi connectivity index (χ3v) is 4.16. The van der Waals surface area contributed by atoms with Gasteiger partial charge in [0.25, 0.3) is 0 Å². The van der Waals surface area contributed by atoms with Crippen molar-refractivity contribution < 1.29 is 4.74 Å². The second-order valence-corrected chi connectivity index (χ2v) is 5.50. The zero-order chi connectivity index (χ0) is 13.5. The minimum atomic E-state index is 0.425. The zero-order valence-corrected chi connectivity index (χ0v) is 12.3. The van der Waals surface area contributed by atoms with E-state index in [1.165, 1.54) is 24.8 Å². The van der Waals surface area contributed by atoms with Crippen molar-refractivity contribution in [3.8, 4) is 0 Å². The summed E-state index contributed by atoms with van der Waals surface area (Å²) < 4.78 is 5.64. The Morgan fingerprint density at radius 1 is 1.26 bits per heavy atom. The maximum Gasteiger partial charge on any atom is 0.0484 e. The summed E-state index contributed by atoms with van der Waals surface area (Å²) in [4.78, 5) is 0. The smallest absolute Gasteiger partial charge is 0.0484 e. The lowest BCUT2D eigenvalue weighted by molar-refractivity contribution is 0.125. The molecule has 2 heteroatoms. The molecule has 106 valence electrons. The first-order valence-corrected chi connectivity index (χ1v) is 7.70. The van der Waals surface area contributed by atoms with Crippen molar-refractivity contribution in [3.63, 3.8) is 0 Å². The summed E-state index contributed by atoms with van der Waals surface area (Å²) in [6.07, 6.45) is 6.27. The lowest BCUT2D eigenvalue weighted by Gasteiger charge is -2.30. The van der Waals surface area contributed by atoms with Crippen molar-refractivity contribution in [1.29, 1.82) is 0 Å². The summed E-state index contributed by atoms with van der Waals surface area (Å²) in [5, 5.41) is 3.46. The molecule has 0 saturated heterocycles. The van der Waals surface area contributed by atoms with Crippen LogP contribution in [0.15, 0.2) is 24.3 Å². The van der Waals surface area contributed by atoms with Gasteiger partial charge in [0.15, 0.2) is 0 Å². The summed E-state index contributed by atoms with van der Waals surface area (Å²) >= 11 is 0. The topological polar surface area (TPSA) is 21.3 Å². The van der Waals surface area contributed by atoms with Crippen molar-refractivity contribution >= 4 is 0 Å². The molecule has 0 bridgehead atoms. The van der Waals surface area contributed by atoms with Gasteiger partial charge in [-0.25, -0.2) is 0 Å². The van der Waals surface area contributed by atoms with Crippen LogP contribution in [0.3, 0.4) is 0 Å². The molecule has 1 aromatic rings. The monoisotopic (exact) mass is 261 g/mol. The molecule has 2 nitrogen and oxygen atoms in total. The molecular formula is C17H27NO. The van der Waals surface area contributed by atoms with Gasteiger partial charge in [0, 0.05) is 19.3 Å². The highest BCUT2D eigenvalue weighted by molar-refractivity contribution is 5.34. The van der Waals surface area contributed by atoms with Gasteiger partial charge in [0.05, 0.1) is 0 Å². The molecule has 0 radical (unpaired) electrons. The van der Waals surface area contributed by atoms with Crippen molar-refractivity contribution in [1.82, 2.24) is 5.32 Å². The molecule has 1 N–H and O–H groups in total. The van der Waals surface area contributed by atoms with Crippen LogP contribution in [0.2, 0.25) is 0 Å². The van der Waals surface area contributed by atoms with Crippen LogP contribution in [0.4, 0.5) is 0 Å². The number of ether oxygens (including phenoxy) is 1. The summed E-state index contributed by atoms with van der Waals surface area (Å²) in [6.45, 7) is 3.88. The Morgan fingerprint density at radius 2 is 2.05 bits per heavy atom. The molecule has 1 aromatic carbocycles. The van der Waals surface area contributed by atoms with Crippen molar-refractivity contribution in [2.24, 2.45) is 0 Å². The molecule has 0 spiro atoms. The molecule has 1 atom stereocenters. The minimum Gasteiger partial charge on any atom is -0.381 e.